The standard InChI is InChI=1S/C11H8ClN3/c1-8-9(6-13)7-15(14-8)11-4-2-10(12)3-5-11/h2-5,7H,1H3. The first-order chi connectivity index (χ1) is 7.20. The van der Waals surface area contributed by atoms with Gasteiger partial charge in [-0.1, -0.05) is 11.6 Å². The fourth-order valence-electron chi connectivity index (χ4n) is 1.30. The highest BCUT2D eigenvalue weighted by Gasteiger charge is 2.04. The third kappa shape index (κ3) is 1.85. The molecule has 0 aliphatic heterocycles. The molecule has 0 aliphatic carbocycles. The van der Waals surface area contributed by atoms with Crippen LogP contribution in [0, 0.1) is 18.3 Å². The van der Waals surface area contributed by atoms with E-state index in [-0.39, 0.29) is 0 Å². The number of aromatic nitrogens is 2. The molecule has 3 nitrogen and oxygen atoms in total. The van der Waals surface area contributed by atoms with Crippen molar-refractivity contribution in [1.82, 2.24) is 9.78 Å². The van der Waals surface area contributed by atoms with Crippen LogP contribution in [0.1, 0.15) is 11.3 Å². The second-order valence-corrected chi connectivity index (χ2v) is 3.60. The lowest BCUT2D eigenvalue weighted by molar-refractivity contribution is 0.863. The monoisotopic (exact) mass is 217 g/mol. The van der Waals surface area contributed by atoms with E-state index in [0.717, 1.165) is 11.4 Å². The molecule has 15 heavy (non-hydrogen) atoms. The Labute approximate surface area is 92.5 Å². The molecule has 0 unspecified atom stereocenters. The molecular weight excluding hydrogens is 210 g/mol. The molecule has 1 heterocycles. The lowest BCUT2D eigenvalue weighted by atomic mass is 10.3. The van der Waals surface area contributed by atoms with Gasteiger partial charge in [0.15, 0.2) is 0 Å². The van der Waals surface area contributed by atoms with Crippen molar-refractivity contribution in [3.8, 4) is 11.8 Å². The Bertz CT molecular complexity index is 520. The SMILES string of the molecule is Cc1nn(-c2ccc(Cl)cc2)cc1C#N. The van der Waals surface area contributed by atoms with Crippen LogP contribution in [0.4, 0.5) is 0 Å². The number of benzene rings is 1. The van der Waals surface area contributed by atoms with Gasteiger partial charge in [0.25, 0.3) is 0 Å². The molecule has 2 rings (SSSR count). The average molecular weight is 218 g/mol. The summed E-state index contributed by atoms with van der Waals surface area (Å²) in [5.74, 6) is 0. The van der Waals surface area contributed by atoms with Crippen molar-refractivity contribution in [3.05, 3.63) is 46.7 Å². The van der Waals surface area contributed by atoms with Gasteiger partial charge in [0.1, 0.15) is 6.07 Å². The molecular formula is C11H8ClN3. The van der Waals surface area contributed by atoms with Gasteiger partial charge in [0, 0.05) is 11.2 Å². The minimum absolute atomic E-state index is 0.588. The van der Waals surface area contributed by atoms with Crippen molar-refractivity contribution in [1.29, 1.82) is 5.26 Å². The van der Waals surface area contributed by atoms with Crippen LogP contribution >= 0.6 is 11.6 Å². The molecule has 2 aromatic rings. The molecule has 0 spiro atoms. The molecule has 0 atom stereocenters. The highest BCUT2D eigenvalue weighted by Crippen LogP contribution is 2.14. The van der Waals surface area contributed by atoms with Gasteiger partial charge in [0.05, 0.1) is 16.9 Å². The molecule has 0 saturated carbocycles. The summed E-state index contributed by atoms with van der Waals surface area (Å²) in [7, 11) is 0. The molecule has 0 amide bonds. The average Bonchev–Trinajstić information content (AvgIpc) is 2.61. The van der Waals surface area contributed by atoms with Crippen LogP contribution in [0.3, 0.4) is 0 Å². The molecule has 0 saturated heterocycles. The zero-order valence-electron chi connectivity index (χ0n) is 8.11. The van der Waals surface area contributed by atoms with Gasteiger partial charge in [0.2, 0.25) is 0 Å². The molecule has 1 aromatic heterocycles. The Balaban J connectivity index is 2.46. The van der Waals surface area contributed by atoms with Crippen LogP contribution in [0.25, 0.3) is 5.69 Å². The molecule has 0 aliphatic rings. The van der Waals surface area contributed by atoms with Gasteiger partial charge in [-0.05, 0) is 31.2 Å². The van der Waals surface area contributed by atoms with Crippen molar-refractivity contribution in [2.24, 2.45) is 0 Å². The minimum Gasteiger partial charge on any atom is -0.239 e. The van der Waals surface area contributed by atoms with E-state index in [4.69, 9.17) is 16.9 Å². The zero-order valence-corrected chi connectivity index (χ0v) is 8.86. The fraction of sp³-hybridized carbons (Fsp3) is 0.0909. The largest absolute Gasteiger partial charge is 0.239 e. The summed E-state index contributed by atoms with van der Waals surface area (Å²) in [5.41, 5.74) is 2.21. The Morgan fingerprint density at radius 3 is 2.53 bits per heavy atom. The van der Waals surface area contributed by atoms with E-state index in [1.54, 1.807) is 23.0 Å². The fourth-order valence-corrected chi connectivity index (χ4v) is 1.42. The van der Waals surface area contributed by atoms with E-state index < -0.39 is 0 Å². The predicted molar refractivity (Wildman–Crippen MR) is 58.0 cm³/mol. The molecule has 0 radical (unpaired) electrons. The number of aryl methyl sites for hydroxylation is 1. The third-order valence-corrected chi connectivity index (χ3v) is 2.36. The lowest BCUT2D eigenvalue weighted by Crippen LogP contribution is -1.93. The molecule has 1 aromatic carbocycles. The summed E-state index contributed by atoms with van der Waals surface area (Å²) in [6, 6.07) is 9.38. The molecule has 0 bridgehead atoms. The number of nitrogens with zero attached hydrogens (tertiary/aromatic N) is 3. The van der Waals surface area contributed by atoms with Gasteiger partial charge in [-0.15, -0.1) is 0 Å². The summed E-state index contributed by atoms with van der Waals surface area (Å²) in [6.45, 7) is 1.81. The lowest BCUT2D eigenvalue weighted by Gasteiger charge is -1.99. The normalized spacial score (nSPS) is 9.93. The maximum Gasteiger partial charge on any atom is 0.103 e. The Morgan fingerprint density at radius 1 is 1.33 bits per heavy atom. The molecule has 4 heteroatoms. The molecule has 0 fully saturated rings. The van der Waals surface area contributed by atoms with Crippen LogP contribution in [0.15, 0.2) is 30.5 Å². The van der Waals surface area contributed by atoms with E-state index in [1.807, 2.05) is 19.1 Å². The molecule has 0 N–H and O–H groups in total. The summed E-state index contributed by atoms with van der Waals surface area (Å²) < 4.78 is 1.67. The van der Waals surface area contributed by atoms with Gasteiger partial charge < -0.3 is 0 Å². The van der Waals surface area contributed by atoms with Crippen LogP contribution in [-0.4, -0.2) is 9.78 Å². The Morgan fingerprint density at radius 2 is 2.00 bits per heavy atom. The van der Waals surface area contributed by atoms with Crippen molar-refractivity contribution >= 4 is 11.6 Å². The van der Waals surface area contributed by atoms with E-state index in [1.165, 1.54) is 0 Å². The van der Waals surface area contributed by atoms with Crippen LogP contribution in [0.5, 0.6) is 0 Å². The van der Waals surface area contributed by atoms with E-state index in [9.17, 15) is 0 Å². The van der Waals surface area contributed by atoms with Crippen molar-refractivity contribution < 1.29 is 0 Å². The minimum atomic E-state index is 0.588. The molecule has 74 valence electrons. The number of hydrogen-bond acceptors (Lipinski definition) is 2. The quantitative estimate of drug-likeness (QED) is 0.737. The van der Waals surface area contributed by atoms with E-state index in [2.05, 4.69) is 11.2 Å². The van der Waals surface area contributed by atoms with Crippen molar-refractivity contribution in [3.63, 3.8) is 0 Å². The van der Waals surface area contributed by atoms with Crippen LogP contribution < -0.4 is 0 Å². The first kappa shape index (κ1) is 9.75. The Hall–Kier alpha value is -1.79. The van der Waals surface area contributed by atoms with Gasteiger partial charge in [-0.25, -0.2) is 4.68 Å². The third-order valence-electron chi connectivity index (χ3n) is 2.11. The van der Waals surface area contributed by atoms with Gasteiger partial charge in [-0.2, -0.15) is 10.4 Å². The van der Waals surface area contributed by atoms with E-state index in [0.29, 0.717) is 10.6 Å². The predicted octanol–water partition coefficient (Wildman–Crippen LogP) is 2.71. The maximum atomic E-state index is 8.80. The Kier molecular flexibility index (Phi) is 2.44. The topological polar surface area (TPSA) is 41.6 Å². The summed E-state index contributed by atoms with van der Waals surface area (Å²) in [4.78, 5) is 0. The zero-order chi connectivity index (χ0) is 10.8. The van der Waals surface area contributed by atoms with Gasteiger partial charge >= 0.3 is 0 Å². The first-order valence-electron chi connectivity index (χ1n) is 4.43. The smallest absolute Gasteiger partial charge is 0.103 e. The maximum absolute atomic E-state index is 8.80. The number of rotatable bonds is 1. The number of hydrogen-bond donors (Lipinski definition) is 0. The van der Waals surface area contributed by atoms with Crippen LogP contribution in [0.2, 0.25) is 5.02 Å². The van der Waals surface area contributed by atoms with E-state index >= 15 is 0 Å². The second kappa shape index (κ2) is 3.76. The summed E-state index contributed by atoms with van der Waals surface area (Å²) in [5, 5.41) is 13.7. The highest BCUT2D eigenvalue weighted by atomic mass is 35.5. The van der Waals surface area contributed by atoms with Crippen LogP contribution in [-0.2, 0) is 0 Å². The second-order valence-electron chi connectivity index (χ2n) is 3.16. The van der Waals surface area contributed by atoms with Crippen molar-refractivity contribution in [2.75, 3.05) is 0 Å². The number of halogens is 1. The van der Waals surface area contributed by atoms with Gasteiger partial charge in [-0.3, -0.25) is 0 Å². The summed E-state index contributed by atoms with van der Waals surface area (Å²) in [6.07, 6.45) is 1.71. The van der Waals surface area contributed by atoms with Crippen molar-refractivity contribution in [2.45, 2.75) is 6.92 Å². The summed E-state index contributed by atoms with van der Waals surface area (Å²) >= 11 is 5.78. The number of nitriles is 1. The first-order valence-corrected chi connectivity index (χ1v) is 4.81. The highest BCUT2D eigenvalue weighted by molar-refractivity contribution is 6.30.